The highest BCUT2D eigenvalue weighted by Gasteiger charge is 2.10. The van der Waals surface area contributed by atoms with Crippen LogP contribution >= 0.6 is 27.9 Å². The molecule has 0 aliphatic heterocycles. The second-order valence-corrected chi connectivity index (χ2v) is 10.5. The maximum atomic E-state index is 9.23. The smallest absolute Gasteiger partial charge is 0.124 e. The van der Waals surface area contributed by atoms with E-state index in [9.17, 15) is 5.26 Å². The second-order valence-electron chi connectivity index (χ2n) is 8.96. The molecule has 4 nitrogen and oxygen atoms in total. The molecular formula is C32H32BrN3OS. The van der Waals surface area contributed by atoms with Crippen molar-refractivity contribution in [1.29, 1.82) is 5.26 Å². The average Bonchev–Trinajstić information content (AvgIpc) is 2.96. The normalized spacial score (nSPS) is 10.8. The molecule has 38 heavy (non-hydrogen) atoms. The zero-order valence-electron chi connectivity index (χ0n) is 21.5. The summed E-state index contributed by atoms with van der Waals surface area (Å²) in [5.41, 5.74) is 7.70. The van der Waals surface area contributed by atoms with Crippen LogP contribution in [-0.2, 0) is 26.0 Å². The number of rotatable bonds is 13. The summed E-state index contributed by atoms with van der Waals surface area (Å²) in [6.45, 7) is 2.92. The van der Waals surface area contributed by atoms with Crippen molar-refractivity contribution in [3.63, 3.8) is 0 Å². The van der Waals surface area contributed by atoms with Gasteiger partial charge in [0.25, 0.3) is 0 Å². The molecule has 0 atom stereocenters. The van der Waals surface area contributed by atoms with E-state index in [1.54, 1.807) is 11.9 Å². The summed E-state index contributed by atoms with van der Waals surface area (Å²) in [5.74, 6) is 0.882. The third kappa shape index (κ3) is 7.96. The first kappa shape index (κ1) is 27.9. The number of benzene rings is 4. The van der Waals surface area contributed by atoms with Crippen LogP contribution in [0.25, 0.3) is 11.1 Å². The Labute approximate surface area is 238 Å². The molecule has 0 radical (unpaired) electrons. The van der Waals surface area contributed by atoms with E-state index < -0.39 is 0 Å². The Kier molecular flexibility index (Phi) is 10.8. The number of aryl methyl sites for hydroxylation is 2. The van der Waals surface area contributed by atoms with Crippen LogP contribution in [-0.4, -0.2) is 19.3 Å². The Bertz CT molecular complexity index is 1370. The van der Waals surface area contributed by atoms with E-state index >= 15 is 0 Å². The first-order valence-corrected chi connectivity index (χ1v) is 14.7. The van der Waals surface area contributed by atoms with Gasteiger partial charge in [-0.25, -0.2) is 0 Å². The van der Waals surface area contributed by atoms with Crippen LogP contribution in [0.3, 0.4) is 0 Å². The van der Waals surface area contributed by atoms with Crippen molar-refractivity contribution in [2.24, 2.45) is 0 Å². The molecule has 0 aliphatic rings. The Morgan fingerprint density at radius 3 is 2.50 bits per heavy atom. The maximum absolute atomic E-state index is 9.23. The first-order chi connectivity index (χ1) is 18.7. The molecule has 0 bridgehead atoms. The fourth-order valence-electron chi connectivity index (χ4n) is 4.28. The molecule has 0 aromatic heterocycles. The van der Waals surface area contributed by atoms with E-state index in [0.717, 1.165) is 53.8 Å². The van der Waals surface area contributed by atoms with Gasteiger partial charge in [0.05, 0.1) is 11.6 Å². The quantitative estimate of drug-likeness (QED) is 0.127. The predicted molar refractivity (Wildman–Crippen MR) is 162 cm³/mol. The molecule has 0 amide bonds. The molecule has 4 aromatic carbocycles. The molecule has 6 heteroatoms. The number of nitrogens with zero attached hydrogens (tertiary/aromatic N) is 1. The minimum atomic E-state index is 0.421. The molecule has 0 saturated heterocycles. The molecule has 4 rings (SSSR count). The Balaban J connectivity index is 1.48. The largest absolute Gasteiger partial charge is 0.489 e. The van der Waals surface area contributed by atoms with Gasteiger partial charge in [-0.2, -0.15) is 5.26 Å². The van der Waals surface area contributed by atoms with Gasteiger partial charge >= 0.3 is 0 Å². The van der Waals surface area contributed by atoms with Crippen molar-refractivity contribution >= 4 is 27.9 Å². The first-order valence-electron chi connectivity index (χ1n) is 12.7. The SMILES string of the molecule is CSNCCNCc1ccc(CCc2cccc(-c3ccccc3)c2Br)cc1OCc1cccc(C#N)c1. The summed E-state index contributed by atoms with van der Waals surface area (Å²) >= 11 is 5.49. The number of halogens is 1. The summed E-state index contributed by atoms with van der Waals surface area (Å²) in [7, 11) is 0. The number of ether oxygens (including phenoxy) is 1. The average molecular weight is 587 g/mol. The van der Waals surface area contributed by atoms with E-state index in [0.29, 0.717) is 12.2 Å². The van der Waals surface area contributed by atoms with Crippen molar-refractivity contribution < 1.29 is 4.74 Å². The lowest BCUT2D eigenvalue weighted by Crippen LogP contribution is -2.23. The topological polar surface area (TPSA) is 57.1 Å². The van der Waals surface area contributed by atoms with E-state index in [1.807, 2.05) is 36.6 Å². The molecule has 0 unspecified atom stereocenters. The van der Waals surface area contributed by atoms with Gasteiger partial charge in [-0.05, 0) is 81.0 Å². The molecule has 0 heterocycles. The van der Waals surface area contributed by atoms with Crippen molar-refractivity contribution in [3.05, 3.63) is 123 Å². The monoisotopic (exact) mass is 585 g/mol. The van der Waals surface area contributed by atoms with Crippen LogP contribution in [0.2, 0.25) is 0 Å². The zero-order valence-corrected chi connectivity index (χ0v) is 23.9. The summed E-state index contributed by atoms with van der Waals surface area (Å²) in [5, 5.41) is 12.7. The van der Waals surface area contributed by atoms with Crippen LogP contribution in [0, 0.1) is 11.3 Å². The van der Waals surface area contributed by atoms with Crippen LogP contribution < -0.4 is 14.8 Å². The van der Waals surface area contributed by atoms with Gasteiger partial charge in [0, 0.05) is 29.7 Å². The minimum absolute atomic E-state index is 0.421. The van der Waals surface area contributed by atoms with Gasteiger partial charge < -0.3 is 10.1 Å². The molecule has 194 valence electrons. The maximum Gasteiger partial charge on any atom is 0.124 e. The molecule has 0 spiro atoms. The van der Waals surface area contributed by atoms with Gasteiger partial charge in [0.1, 0.15) is 12.4 Å². The summed E-state index contributed by atoms with van der Waals surface area (Å²) in [6.07, 6.45) is 3.85. The molecule has 4 aromatic rings. The molecule has 0 aliphatic carbocycles. The Hall–Kier alpha value is -3.08. The third-order valence-corrected chi connectivity index (χ3v) is 7.72. The summed E-state index contributed by atoms with van der Waals surface area (Å²) < 4.78 is 10.7. The van der Waals surface area contributed by atoms with Crippen LogP contribution in [0.5, 0.6) is 5.75 Å². The molecule has 0 saturated carbocycles. The molecule has 0 fully saturated rings. The predicted octanol–water partition coefficient (Wildman–Crippen LogP) is 7.31. The van der Waals surface area contributed by atoms with Crippen molar-refractivity contribution in [2.75, 3.05) is 19.3 Å². The Morgan fingerprint density at radius 1 is 0.842 bits per heavy atom. The lowest BCUT2D eigenvalue weighted by atomic mass is 9.98. The number of nitriles is 1. The highest BCUT2D eigenvalue weighted by molar-refractivity contribution is 9.10. The minimum Gasteiger partial charge on any atom is -0.489 e. The van der Waals surface area contributed by atoms with E-state index in [1.165, 1.54) is 22.3 Å². The van der Waals surface area contributed by atoms with E-state index in [4.69, 9.17) is 4.74 Å². The van der Waals surface area contributed by atoms with Crippen LogP contribution in [0.4, 0.5) is 0 Å². The van der Waals surface area contributed by atoms with Crippen LogP contribution in [0.1, 0.15) is 27.8 Å². The number of nitrogens with one attached hydrogen (secondary N) is 2. The number of hydrogen-bond acceptors (Lipinski definition) is 5. The van der Waals surface area contributed by atoms with E-state index in [-0.39, 0.29) is 0 Å². The highest BCUT2D eigenvalue weighted by atomic mass is 79.9. The zero-order chi connectivity index (χ0) is 26.6. The third-order valence-electron chi connectivity index (χ3n) is 6.29. The Morgan fingerprint density at radius 2 is 1.68 bits per heavy atom. The van der Waals surface area contributed by atoms with Gasteiger partial charge in [-0.3, -0.25) is 4.72 Å². The second kappa shape index (κ2) is 14.8. The standard InChI is InChI=1S/C32H32BrN3OS/c1-38-36-18-17-35-22-29-16-14-24(20-31(29)37-23-26-8-5-7-25(19-26)21-34)13-15-28-11-6-12-30(32(28)33)27-9-3-2-4-10-27/h2-12,14,16,19-20,35-36H,13,15,17-18,22-23H2,1H3. The van der Waals surface area contributed by atoms with Gasteiger partial charge in [-0.15, -0.1) is 0 Å². The fourth-order valence-corrected chi connectivity index (χ4v) is 5.28. The number of hydrogen-bond donors (Lipinski definition) is 2. The van der Waals surface area contributed by atoms with Crippen LogP contribution in [0.15, 0.2) is 95.5 Å². The van der Waals surface area contributed by atoms with E-state index in [2.05, 4.69) is 92.7 Å². The van der Waals surface area contributed by atoms with Gasteiger partial charge in [0.15, 0.2) is 0 Å². The van der Waals surface area contributed by atoms with Gasteiger partial charge in [-0.1, -0.05) is 84.7 Å². The lowest BCUT2D eigenvalue weighted by molar-refractivity contribution is 0.302. The van der Waals surface area contributed by atoms with Crippen molar-refractivity contribution in [2.45, 2.75) is 26.0 Å². The lowest BCUT2D eigenvalue weighted by Gasteiger charge is -2.15. The molecule has 2 N–H and O–H groups in total. The fraction of sp³-hybridized carbons (Fsp3) is 0.219. The molecular weight excluding hydrogens is 554 g/mol. The van der Waals surface area contributed by atoms with Gasteiger partial charge in [0.2, 0.25) is 0 Å². The summed E-state index contributed by atoms with van der Waals surface area (Å²) in [4.78, 5) is 0. The summed E-state index contributed by atoms with van der Waals surface area (Å²) in [6, 6.07) is 33.3. The van der Waals surface area contributed by atoms with Crippen molar-refractivity contribution in [3.8, 4) is 22.9 Å². The highest BCUT2D eigenvalue weighted by Crippen LogP contribution is 2.32. The van der Waals surface area contributed by atoms with Crippen molar-refractivity contribution in [1.82, 2.24) is 10.0 Å².